The van der Waals surface area contributed by atoms with E-state index in [1.54, 1.807) is 0 Å². The van der Waals surface area contributed by atoms with Crippen molar-refractivity contribution in [2.24, 2.45) is 0 Å². The monoisotopic (exact) mass is 284 g/mol. The van der Waals surface area contributed by atoms with Crippen LogP contribution in [0.25, 0.3) is 0 Å². The Morgan fingerprint density at radius 1 is 1.56 bits per heavy atom. The van der Waals surface area contributed by atoms with Gasteiger partial charge >= 0.3 is 0 Å². The minimum Gasteiger partial charge on any atom is -0.374 e. The molecule has 0 spiro atoms. The number of hydrogen-bond donors (Lipinski definition) is 1. The van der Waals surface area contributed by atoms with Crippen molar-refractivity contribution in [1.29, 1.82) is 0 Å². The van der Waals surface area contributed by atoms with Gasteiger partial charge in [-0.1, -0.05) is 0 Å². The Bertz CT molecular complexity index is 333. The van der Waals surface area contributed by atoms with E-state index < -0.39 is 0 Å². The van der Waals surface area contributed by atoms with Gasteiger partial charge in [-0.15, -0.1) is 0 Å². The van der Waals surface area contributed by atoms with Gasteiger partial charge in [0.25, 0.3) is 0 Å². The van der Waals surface area contributed by atoms with Crippen LogP contribution in [-0.4, -0.2) is 23.7 Å². The SMILES string of the molecule is CC1(CNCc2ccc(Br)cn2)CCCO1. The van der Waals surface area contributed by atoms with Crippen molar-refractivity contribution in [3.63, 3.8) is 0 Å². The largest absolute Gasteiger partial charge is 0.374 e. The molecule has 0 bridgehead atoms. The van der Waals surface area contributed by atoms with Crippen LogP contribution in [0.15, 0.2) is 22.8 Å². The molecule has 2 heterocycles. The molecule has 1 aromatic heterocycles. The maximum atomic E-state index is 5.71. The fourth-order valence-corrected chi connectivity index (χ4v) is 2.18. The molecule has 0 aliphatic carbocycles. The first-order valence-corrected chi connectivity index (χ1v) is 6.42. The van der Waals surface area contributed by atoms with Gasteiger partial charge in [-0.2, -0.15) is 0 Å². The molecular weight excluding hydrogens is 268 g/mol. The van der Waals surface area contributed by atoms with Crippen LogP contribution in [0, 0.1) is 0 Å². The van der Waals surface area contributed by atoms with E-state index in [1.807, 2.05) is 18.3 Å². The average Bonchev–Trinajstić information content (AvgIpc) is 2.69. The number of nitrogens with zero attached hydrogens (tertiary/aromatic N) is 1. The third kappa shape index (κ3) is 3.27. The van der Waals surface area contributed by atoms with Crippen LogP contribution in [0.1, 0.15) is 25.5 Å². The maximum Gasteiger partial charge on any atom is 0.0779 e. The van der Waals surface area contributed by atoms with Gasteiger partial charge in [-0.05, 0) is 47.8 Å². The third-order valence-corrected chi connectivity index (χ3v) is 3.36. The highest BCUT2D eigenvalue weighted by Crippen LogP contribution is 2.23. The molecule has 2 rings (SSSR count). The second-order valence-electron chi connectivity index (χ2n) is 4.47. The molecule has 4 heteroatoms. The van der Waals surface area contributed by atoms with E-state index >= 15 is 0 Å². The first-order valence-electron chi connectivity index (χ1n) is 5.63. The Labute approximate surface area is 105 Å². The van der Waals surface area contributed by atoms with Crippen molar-refractivity contribution < 1.29 is 4.74 Å². The summed E-state index contributed by atoms with van der Waals surface area (Å²) >= 11 is 3.37. The van der Waals surface area contributed by atoms with Crippen LogP contribution < -0.4 is 5.32 Å². The molecule has 1 atom stereocenters. The van der Waals surface area contributed by atoms with Crippen molar-refractivity contribution in [3.8, 4) is 0 Å². The highest BCUT2D eigenvalue weighted by molar-refractivity contribution is 9.10. The zero-order valence-corrected chi connectivity index (χ0v) is 11.1. The molecule has 88 valence electrons. The number of rotatable bonds is 4. The normalized spacial score (nSPS) is 24.9. The van der Waals surface area contributed by atoms with Gasteiger partial charge in [0.15, 0.2) is 0 Å². The van der Waals surface area contributed by atoms with Crippen LogP contribution in [0.3, 0.4) is 0 Å². The Morgan fingerprint density at radius 2 is 2.44 bits per heavy atom. The second kappa shape index (κ2) is 5.25. The summed E-state index contributed by atoms with van der Waals surface area (Å²) in [4.78, 5) is 4.31. The van der Waals surface area contributed by atoms with Crippen molar-refractivity contribution in [2.45, 2.75) is 31.9 Å². The standard InChI is InChI=1S/C12H17BrN2O/c1-12(5-2-6-16-12)9-14-8-11-4-3-10(13)7-15-11/h3-4,7,14H,2,5-6,8-9H2,1H3. The van der Waals surface area contributed by atoms with E-state index in [1.165, 1.54) is 6.42 Å². The van der Waals surface area contributed by atoms with Crippen LogP contribution in [0.2, 0.25) is 0 Å². The lowest BCUT2D eigenvalue weighted by atomic mass is 10.0. The quantitative estimate of drug-likeness (QED) is 0.923. The number of nitrogens with one attached hydrogen (secondary N) is 1. The van der Waals surface area contributed by atoms with Gasteiger partial charge in [-0.25, -0.2) is 0 Å². The van der Waals surface area contributed by atoms with E-state index in [0.717, 1.165) is 36.3 Å². The van der Waals surface area contributed by atoms with Crippen LogP contribution >= 0.6 is 15.9 Å². The summed E-state index contributed by atoms with van der Waals surface area (Å²) in [5.74, 6) is 0. The summed E-state index contributed by atoms with van der Waals surface area (Å²) < 4.78 is 6.72. The summed E-state index contributed by atoms with van der Waals surface area (Å²) in [6.45, 7) is 4.76. The number of hydrogen-bond acceptors (Lipinski definition) is 3. The molecule has 1 aliphatic rings. The Kier molecular flexibility index (Phi) is 3.95. The van der Waals surface area contributed by atoms with Crippen LogP contribution in [-0.2, 0) is 11.3 Å². The predicted octanol–water partition coefficient (Wildman–Crippen LogP) is 2.50. The molecule has 0 amide bonds. The van der Waals surface area contributed by atoms with Crippen molar-refractivity contribution >= 4 is 15.9 Å². The van der Waals surface area contributed by atoms with E-state index in [2.05, 4.69) is 33.2 Å². The molecular formula is C12H17BrN2O. The van der Waals surface area contributed by atoms with E-state index in [4.69, 9.17) is 4.74 Å². The van der Waals surface area contributed by atoms with Crippen LogP contribution in [0.4, 0.5) is 0 Å². The van der Waals surface area contributed by atoms with Gasteiger partial charge in [-0.3, -0.25) is 4.98 Å². The van der Waals surface area contributed by atoms with Gasteiger partial charge in [0.05, 0.1) is 11.3 Å². The number of aromatic nitrogens is 1. The highest BCUT2D eigenvalue weighted by Gasteiger charge is 2.28. The number of halogens is 1. The zero-order chi connectivity index (χ0) is 11.4. The van der Waals surface area contributed by atoms with Gasteiger partial charge < -0.3 is 10.1 Å². The number of ether oxygens (including phenoxy) is 1. The molecule has 1 saturated heterocycles. The van der Waals surface area contributed by atoms with E-state index in [-0.39, 0.29) is 5.60 Å². The lowest BCUT2D eigenvalue weighted by Crippen LogP contribution is -2.36. The summed E-state index contributed by atoms with van der Waals surface area (Å²) in [5.41, 5.74) is 1.08. The predicted molar refractivity (Wildman–Crippen MR) is 67.2 cm³/mol. The molecule has 1 fully saturated rings. The lowest BCUT2D eigenvalue weighted by Gasteiger charge is -2.23. The highest BCUT2D eigenvalue weighted by atomic mass is 79.9. The molecule has 1 aliphatic heterocycles. The number of pyridine rings is 1. The van der Waals surface area contributed by atoms with Crippen molar-refractivity contribution in [1.82, 2.24) is 10.3 Å². The zero-order valence-electron chi connectivity index (χ0n) is 9.50. The van der Waals surface area contributed by atoms with Crippen molar-refractivity contribution in [2.75, 3.05) is 13.2 Å². The molecule has 1 unspecified atom stereocenters. The first-order chi connectivity index (χ1) is 7.68. The van der Waals surface area contributed by atoms with E-state index in [9.17, 15) is 0 Å². The minimum absolute atomic E-state index is 0.0232. The molecule has 16 heavy (non-hydrogen) atoms. The topological polar surface area (TPSA) is 34.2 Å². The molecule has 1 N–H and O–H groups in total. The first kappa shape index (κ1) is 12.0. The maximum absolute atomic E-state index is 5.71. The molecule has 0 aromatic carbocycles. The second-order valence-corrected chi connectivity index (χ2v) is 5.39. The van der Waals surface area contributed by atoms with Gasteiger partial charge in [0, 0.05) is 30.4 Å². The smallest absolute Gasteiger partial charge is 0.0779 e. The Hall–Kier alpha value is -0.450. The lowest BCUT2D eigenvalue weighted by molar-refractivity contribution is 0.0206. The Morgan fingerprint density at radius 3 is 3.06 bits per heavy atom. The van der Waals surface area contributed by atoms with Gasteiger partial charge in [0.1, 0.15) is 0 Å². The average molecular weight is 285 g/mol. The molecule has 0 saturated carbocycles. The summed E-state index contributed by atoms with van der Waals surface area (Å²) in [6, 6.07) is 4.03. The fraction of sp³-hybridized carbons (Fsp3) is 0.583. The molecule has 0 radical (unpaired) electrons. The van der Waals surface area contributed by atoms with Crippen molar-refractivity contribution in [3.05, 3.63) is 28.5 Å². The molecule has 1 aromatic rings. The van der Waals surface area contributed by atoms with E-state index in [0.29, 0.717) is 0 Å². The minimum atomic E-state index is 0.0232. The molecule has 3 nitrogen and oxygen atoms in total. The van der Waals surface area contributed by atoms with Crippen LogP contribution in [0.5, 0.6) is 0 Å². The Balaban J connectivity index is 1.77. The summed E-state index contributed by atoms with van der Waals surface area (Å²) in [6.07, 6.45) is 4.15. The summed E-state index contributed by atoms with van der Waals surface area (Å²) in [7, 11) is 0. The third-order valence-electron chi connectivity index (χ3n) is 2.89. The fourth-order valence-electron chi connectivity index (χ4n) is 1.94. The van der Waals surface area contributed by atoms with Gasteiger partial charge in [0.2, 0.25) is 0 Å². The summed E-state index contributed by atoms with van der Waals surface area (Å²) in [5, 5.41) is 3.40.